The Balaban J connectivity index is 5.07. The van der Waals surface area contributed by atoms with Crippen LogP contribution >= 0.6 is 0 Å². The van der Waals surface area contributed by atoms with Crippen LogP contribution in [-0.2, 0) is 0 Å². The quantitative estimate of drug-likeness (QED) is 0.446. The minimum absolute atomic E-state index is 0.195. The Morgan fingerprint density at radius 3 is 1.89 bits per heavy atom. The van der Waals surface area contributed by atoms with Crippen LogP contribution in [0.15, 0.2) is 0 Å². The van der Waals surface area contributed by atoms with E-state index in [4.69, 9.17) is 5.84 Å². The van der Waals surface area contributed by atoms with Crippen LogP contribution in [-0.4, -0.2) is 29.6 Å². The third-order valence-electron chi connectivity index (χ3n) is 4.89. The number of hydrogen-bond acceptors (Lipinski definition) is 3. The molecule has 0 amide bonds. The van der Waals surface area contributed by atoms with E-state index in [2.05, 4.69) is 51.9 Å². The first-order valence-electron chi connectivity index (χ1n) is 8.27. The number of hydrazine groups is 1. The predicted octanol–water partition coefficient (Wildman–Crippen LogP) is 3.55. The monoisotopic (exact) mass is 271 g/mol. The van der Waals surface area contributed by atoms with Gasteiger partial charge in [-0.15, -0.1) is 0 Å². The minimum atomic E-state index is 0.195. The van der Waals surface area contributed by atoms with Crippen molar-refractivity contribution in [3.05, 3.63) is 0 Å². The molecule has 19 heavy (non-hydrogen) atoms. The van der Waals surface area contributed by atoms with E-state index < -0.39 is 0 Å². The fourth-order valence-corrected chi connectivity index (χ4v) is 3.72. The number of likely N-dealkylation sites (N-methyl/N-ethyl adjacent to an activating group) is 1. The van der Waals surface area contributed by atoms with Gasteiger partial charge in [0, 0.05) is 11.6 Å². The Bertz CT molecular complexity index is 210. The Morgan fingerprint density at radius 1 is 1.05 bits per heavy atom. The fourth-order valence-electron chi connectivity index (χ4n) is 3.72. The van der Waals surface area contributed by atoms with Gasteiger partial charge in [0.05, 0.1) is 0 Å². The molecule has 0 spiro atoms. The summed E-state index contributed by atoms with van der Waals surface area (Å²) in [7, 11) is 0. The molecule has 0 aromatic carbocycles. The summed E-state index contributed by atoms with van der Waals surface area (Å²) in [6.45, 7) is 15.9. The van der Waals surface area contributed by atoms with Gasteiger partial charge in [-0.25, -0.2) is 0 Å². The molecule has 0 bridgehead atoms. The van der Waals surface area contributed by atoms with E-state index in [-0.39, 0.29) is 5.54 Å². The summed E-state index contributed by atoms with van der Waals surface area (Å²) >= 11 is 0. The lowest BCUT2D eigenvalue weighted by molar-refractivity contribution is 0.0402. The molecular formula is C16H37N3. The first kappa shape index (κ1) is 18.9. The molecule has 116 valence electrons. The highest BCUT2D eigenvalue weighted by Gasteiger charge is 2.39. The van der Waals surface area contributed by atoms with Gasteiger partial charge in [-0.05, 0) is 38.3 Å². The van der Waals surface area contributed by atoms with Crippen molar-refractivity contribution in [1.82, 2.24) is 10.3 Å². The second-order valence-electron chi connectivity index (χ2n) is 5.83. The van der Waals surface area contributed by atoms with Gasteiger partial charge >= 0.3 is 0 Å². The highest BCUT2D eigenvalue weighted by atomic mass is 15.3. The molecule has 0 heterocycles. The molecule has 0 aromatic heterocycles. The molecule has 0 aliphatic rings. The van der Waals surface area contributed by atoms with Crippen molar-refractivity contribution >= 4 is 0 Å². The average Bonchev–Trinajstić information content (AvgIpc) is 2.43. The summed E-state index contributed by atoms with van der Waals surface area (Å²) in [6, 6.07) is 0.379. The van der Waals surface area contributed by atoms with Crippen molar-refractivity contribution in [3.63, 3.8) is 0 Å². The van der Waals surface area contributed by atoms with E-state index in [0.717, 1.165) is 31.8 Å². The average molecular weight is 271 g/mol. The lowest BCUT2D eigenvalue weighted by atomic mass is 9.78. The topological polar surface area (TPSA) is 41.3 Å². The minimum Gasteiger partial charge on any atom is -0.297 e. The first-order chi connectivity index (χ1) is 9.05. The van der Waals surface area contributed by atoms with Gasteiger partial charge in [-0.3, -0.25) is 16.2 Å². The molecule has 0 radical (unpaired) electrons. The molecule has 0 saturated carbocycles. The molecule has 0 aliphatic carbocycles. The molecule has 0 aliphatic heterocycles. The van der Waals surface area contributed by atoms with Crippen LogP contribution < -0.4 is 11.3 Å². The van der Waals surface area contributed by atoms with E-state index in [9.17, 15) is 0 Å². The van der Waals surface area contributed by atoms with E-state index in [1.54, 1.807) is 0 Å². The molecule has 0 rings (SSSR count). The number of nitrogens with zero attached hydrogens (tertiary/aromatic N) is 1. The lowest BCUT2D eigenvalue weighted by Crippen LogP contribution is -2.62. The SMILES string of the molecule is CCCC(C)CC(NN)C(CC)(CC)N(CC)CC. The van der Waals surface area contributed by atoms with Gasteiger partial charge in [0.25, 0.3) is 0 Å². The Labute approximate surface area is 121 Å². The van der Waals surface area contributed by atoms with Crippen LogP contribution in [0.2, 0.25) is 0 Å². The number of nitrogens with two attached hydrogens (primary N) is 1. The van der Waals surface area contributed by atoms with Crippen molar-refractivity contribution in [2.45, 2.75) is 85.2 Å². The predicted molar refractivity (Wildman–Crippen MR) is 86.0 cm³/mol. The van der Waals surface area contributed by atoms with E-state index >= 15 is 0 Å². The van der Waals surface area contributed by atoms with Crippen LogP contribution in [0.25, 0.3) is 0 Å². The van der Waals surface area contributed by atoms with Gasteiger partial charge in [-0.1, -0.05) is 54.4 Å². The molecule has 2 unspecified atom stereocenters. The van der Waals surface area contributed by atoms with E-state index in [1.807, 2.05) is 0 Å². The van der Waals surface area contributed by atoms with Crippen molar-refractivity contribution in [3.8, 4) is 0 Å². The maximum Gasteiger partial charge on any atom is 0.0397 e. The summed E-state index contributed by atoms with van der Waals surface area (Å²) in [6.07, 6.45) is 6.02. The van der Waals surface area contributed by atoms with Crippen LogP contribution in [0, 0.1) is 5.92 Å². The lowest BCUT2D eigenvalue weighted by Gasteiger charge is -2.48. The summed E-state index contributed by atoms with van der Waals surface area (Å²) < 4.78 is 0. The van der Waals surface area contributed by atoms with Gasteiger partial charge in [-0.2, -0.15) is 0 Å². The molecule has 0 fully saturated rings. The van der Waals surface area contributed by atoms with E-state index in [0.29, 0.717) is 6.04 Å². The zero-order valence-electron chi connectivity index (χ0n) is 14.1. The highest BCUT2D eigenvalue weighted by Crippen LogP contribution is 2.31. The Morgan fingerprint density at radius 2 is 1.58 bits per heavy atom. The Kier molecular flexibility index (Phi) is 9.67. The second-order valence-corrected chi connectivity index (χ2v) is 5.83. The van der Waals surface area contributed by atoms with Gasteiger partial charge in [0.2, 0.25) is 0 Å². The van der Waals surface area contributed by atoms with Gasteiger partial charge in [0.15, 0.2) is 0 Å². The summed E-state index contributed by atoms with van der Waals surface area (Å²) in [5, 5.41) is 0. The number of nitrogens with one attached hydrogen (secondary N) is 1. The highest BCUT2D eigenvalue weighted by molar-refractivity contribution is 4.98. The normalized spacial score (nSPS) is 15.8. The summed E-state index contributed by atoms with van der Waals surface area (Å²) in [5.74, 6) is 6.66. The third-order valence-corrected chi connectivity index (χ3v) is 4.89. The molecule has 2 atom stereocenters. The molecule has 3 heteroatoms. The smallest absolute Gasteiger partial charge is 0.0397 e. The number of rotatable bonds is 11. The number of hydrogen-bond donors (Lipinski definition) is 2. The first-order valence-corrected chi connectivity index (χ1v) is 8.27. The zero-order valence-corrected chi connectivity index (χ0v) is 14.1. The largest absolute Gasteiger partial charge is 0.297 e. The van der Waals surface area contributed by atoms with Crippen LogP contribution in [0.5, 0.6) is 0 Å². The molecule has 3 nitrogen and oxygen atoms in total. The van der Waals surface area contributed by atoms with Gasteiger partial charge < -0.3 is 0 Å². The molecule has 3 N–H and O–H groups in total. The zero-order chi connectivity index (χ0) is 14.9. The maximum absolute atomic E-state index is 5.92. The van der Waals surface area contributed by atoms with Crippen LogP contribution in [0.4, 0.5) is 0 Å². The molecule has 0 aromatic rings. The van der Waals surface area contributed by atoms with Crippen molar-refractivity contribution in [2.75, 3.05) is 13.1 Å². The van der Waals surface area contributed by atoms with E-state index in [1.165, 1.54) is 19.3 Å². The van der Waals surface area contributed by atoms with Crippen LogP contribution in [0.3, 0.4) is 0 Å². The standard InChI is InChI=1S/C16H37N3/c1-7-12-14(6)13-15(18-17)16(8-2,9-3)19(10-4)11-5/h14-15,18H,7-13,17H2,1-6H3. The summed E-state index contributed by atoms with van der Waals surface area (Å²) in [5.41, 5.74) is 3.34. The molecule has 0 saturated heterocycles. The van der Waals surface area contributed by atoms with Crippen molar-refractivity contribution in [1.29, 1.82) is 0 Å². The second kappa shape index (κ2) is 9.73. The third kappa shape index (κ3) is 4.73. The van der Waals surface area contributed by atoms with Gasteiger partial charge in [0.1, 0.15) is 0 Å². The fraction of sp³-hybridized carbons (Fsp3) is 1.00. The summed E-state index contributed by atoms with van der Waals surface area (Å²) in [4.78, 5) is 2.59. The Hall–Kier alpha value is -0.120. The van der Waals surface area contributed by atoms with Crippen LogP contribution in [0.1, 0.15) is 73.6 Å². The maximum atomic E-state index is 5.92. The van der Waals surface area contributed by atoms with Crippen molar-refractivity contribution in [2.24, 2.45) is 11.8 Å². The molecular weight excluding hydrogens is 234 g/mol. The van der Waals surface area contributed by atoms with Crippen molar-refractivity contribution < 1.29 is 0 Å².